The minimum atomic E-state index is -0.469. The molecule has 37 heavy (non-hydrogen) atoms. The number of nitrogens with one attached hydrogen (secondary N) is 1. The van der Waals surface area contributed by atoms with Gasteiger partial charge >= 0.3 is 0 Å². The lowest BCUT2D eigenvalue weighted by molar-refractivity contribution is 0.0947. The van der Waals surface area contributed by atoms with Crippen LogP contribution in [0.25, 0.3) is 0 Å². The molecule has 1 N–H and O–H groups in total. The summed E-state index contributed by atoms with van der Waals surface area (Å²) in [7, 11) is 0. The van der Waals surface area contributed by atoms with Crippen LogP contribution in [0.3, 0.4) is 0 Å². The van der Waals surface area contributed by atoms with Gasteiger partial charge in [0.25, 0.3) is 5.91 Å². The Labute approximate surface area is 227 Å². The molecule has 2 aliphatic rings. The first kappa shape index (κ1) is 25.9. The Morgan fingerprint density at radius 1 is 1.11 bits per heavy atom. The molecule has 1 amide bonds. The molecule has 5 rings (SSSR count). The second-order valence-corrected chi connectivity index (χ2v) is 11.2. The normalized spacial score (nSPS) is 19.1. The van der Waals surface area contributed by atoms with E-state index in [0.29, 0.717) is 34.0 Å². The number of rotatable bonds is 6. The molecular formula is C29H31Cl2FN4O. The fourth-order valence-electron chi connectivity index (χ4n) is 5.76. The average Bonchev–Trinajstić information content (AvgIpc) is 3.40. The van der Waals surface area contributed by atoms with Crippen molar-refractivity contribution in [2.24, 2.45) is 5.92 Å². The van der Waals surface area contributed by atoms with Gasteiger partial charge in [0, 0.05) is 31.2 Å². The number of nitrogens with zero attached hydrogens (tertiary/aromatic N) is 3. The van der Waals surface area contributed by atoms with E-state index in [1.807, 2.05) is 18.2 Å². The predicted octanol–water partition coefficient (Wildman–Crippen LogP) is 6.95. The number of piperidine rings is 1. The summed E-state index contributed by atoms with van der Waals surface area (Å²) in [5.41, 5.74) is 2.55. The Kier molecular flexibility index (Phi) is 7.68. The van der Waals surface area contributed by atoms with Crippen LogP contribution in [-0.4, -0.2) is 29.0 Å². The third-order valence-electron chi connectivity index (χ3n) is 7.70. The monoisotopic (exact) mass is 540 g/mol. The largest absolute Gasteiger partial charge is 0.348 e. The van der Waals surface area contributed by atoms with Crippen LogP contribution in [0.1, 0.15) is 72.6 Å². The van der Waals surface area contributed by atoms with E-state index >= 15 is 0 Å². The highest BCUT2D eigenvalue weighted by atomic mass is 35.5. The fourth-order valence-corrected chi connectivity index (χ4v) is 6.08. The second-order valence-electron chi connectivity index (χ2n) is 10.4. The Balaban J connectivity index is 1.53. The van der Waals surface area contributed by atoms with E-state index in [-0.39, 0.29) is 11.7 Å². The van der Waals surface area contributed by atoms with Crippen LogP contribution >= 0.6 is 23.2 Å². The number of carbonyl (C=O) groups excluding carboxylic acids is 1. The van der Waals surface area contributed by atoms with Crippen LogP contribution in [0.2, 0.25) is 10.0 Å². The van der Waals surface area contributed by atoms with Gasteiger partial charge in [-0.25, -0.2) is 14.4 Å². The summed E-state index contributed by atoms with van der Waals surface area (Å²) in [4.78, 5) is 25.6. The smallest absolute Gasteiger partial charge is 0.255 e. The van der Waals surface area contributed by atoms with Crippen molar-refractivity contribution in [3.05, 3.63) is 86.9 Å². The zero-order valence-electron chi connectivity index (χ0n) is 20.9. The van der Waals surface area contributed by atoms with E-state index in [1.54, 1.807) is 18.3 Å². The maximum Gasteiger partial charge on any atom is 0.255 e. The van der Waals surface area contributed by atoms with Gasteiger partial charge in [-0.05, 0) is 67.0 Å². The Bertz CT molecular complexity index is 1280. The van der Waals surface area contributed by atoms with Gasteiger partial charge in [-0.3, -0.25) is 4.79 Å². The molecule has 1 aromatic heterocycles. The highest BCUT2D eigenvalue weighted by Gasteiger charge is 2.42. The second kappa shape index (κ2) is 11.0. The van der Waals surface area contributed by atoms with Gasteiger partial charge in [0.2, 0.25) is 5.95 Å². The number of hydrogen-bond acceptors (Lipinski definition) is 4. The maximum absolute atomic E-state index is 13.9. The van der Waals surface area contributed by atoms with E-state index < -0.39 is 5.41 Å². The van der Waals surface area contributed by atoms with Gasteiger partial charge in [0.15, 0.2) is 0 Å². The van der Waals surface area contributed by atoms with Gasteiger partial charge in [0.05, 0.1) is 21.3 Å². The standard InChI is InChI=1S/C29H31Cl2FN4O/c1-19-5-4-14-36(18-19)28-34-17-23(27(37)33-16-20-6-11-24(30)25(31)15-20)26(35-28)29(12-2-3-13-29)21-7-9-22(32)10-8-21/h6-11,15,17,19H,2-5,12-14,16,18H2,1H3,(H,33,37). The highest BCUT2D eigenvalue weighted by molar-refractivity contribution is 6.42. The topological polar surface area (TPSA) is 58.1 Å². The lowest BCUT2D eigenvalue weighted by atomic mass is 9.74. The fraction of sp³-hybridized carbons (Fsp3) is 0.414. The molecule has 5 nitrogen and oxygen atoms in total. The van der Waals surface area contributed by atoms with Crippen LogP contribution < -0.4 is 10.2 Å². The number of aromatic nitrogens is 2. The molecule has 0 spiro atoms. The molecule has 3 aromatic rings. The molecule has 0 bridgehead atoms. The van der Waals surface area contributed by atoms with Crippen LogP contribution in [0.5, 0.6) is 0 Å². The summed E-state index contributed by atoms with van der Waals surface area (Å²) in [6, 6.07) is 12.0. The van der Waals surface area contributed by atoms with Crippen LogP contribution in [0, 0.1) is 11.7 Å². The number of halogens is 3. The van der Waals surface area contributed by atoms with Gasteiger partial charge < -0.3 is 10.2 Å². The van der Waals surface area contributed by atoms with Crippen LogP contribution in [0.4, 0.5) is 10.3 Å². The molecule has 1 aliphatic carbocycles. The zero-order valence-corrected chi connectivity index (χ0v) is 22.5. The molecule has 1 atom stereocenters. The molecule has 1 saturated heterocycles. The van der Waals surface area contributed by atoms with E-state index in [9.17, 15) is 9.18 Å². The summed E-state index contributed by atoms with van der Waals surface area (Å²) < 4.78 is 13.9. The summed E-state index contributed by atoms with van der Waals surface area (Å²) >= 11 is 12.2. The Morgan fingerprint density at radius 3 is 2.57 bits per heavy atom. The predicted molar refractivity (Wildman–Crippen MR) is 146 cm³/mol. The highest BCUT2D eigenvalue weighted by Crippen LogP contribution is 2.47. The molecule has 194 valence electrons. The Morgan fingerprint density at radius 2 is 1.86 bits per heavy atom. The minimum Gasteiger partial charge on any atom is -0.348 e. The number of benzene rings is 2. The first-order valence-corrected chi connectivity index (χ1v) is 13.7. The molecule has 8 heteroatoms. The van der Waals surface area contributed by atoms with Gasteiger partial charge in [-0.2, -0.15) is 0 Å². The number of carbonyl (C=O) groups is 1. The molecule has 2 heterocycles. The maximum atomic E-state index is 13.9. The molecule has 1 aliphatic heterocycles. The van der Waals surface area contributed by atoms with Crippen molar-refractivity contribution < 1.29 is 9.18 Å². The summed E-state index contributed by atoms with van der Waals surface area (Å²) in [5.74, 6) is 0.707. The minimum absolute atomic E-state index is 0.243. The number of anilines is 1. The van der Waals surface area contributed by atoms with E-state index in [1.165, 1.54) is 18.6 Å². The van der Waals surface area contributed by atoms with Gasteiger partial charge in [-0.15, -0.1) is 0 Å². The third kappa shape index (κ3) is 5.46. The van der Waals surface area contributed by atoms with Crippen molar-refractivity contribution in [1.82, 2.24) is 15.3 Å². The number of hydrogen-bond donors (Lipinski definition) is 1. The van der Waals surface area contributed by atoms with E-state index in [4.69, 9.17) is 28.2 Å². The molecule has 0 radical (unpaired) electrons. The molecular weight excluding hydrogens is 510 g/mol. The third-order valence-corrected chi connectivity index (χ3v) is 8.44. The van der Waals surface area contributed by atoms with Crippen molar-refractivity contribution in [2.75, 3.05) is 18.0 Å². The molecule has 1 unspecified atom stereocenters. The van der Waals surface area contributed by atoms with E-state index in [2.05, 4.69) is 22.1 Å². The quantitative estimate of drug-likeness (QED) is 0.367. The van der Waals surface area contributed by atoms with Crippen molar-refractivity contribution >= 4 is 35.1 Å². The lowest BCUT2D eigenvalue weighted by Gasteiger charge is -2.34. The summed E-state index contributed by atoms with van der Waals surface area (Å²) in [6.45, 7) is 4.33. The lowest BCUT2D eigenvalue weighted by Crippen LogP contribution is -2.37. The van der Waals surface area contributed by atoms with Gasteiger partial charge in [-0.1, -0.05) is 61.2 Å². The Hall–Kier alpha value is -2.70. The van der Waals surface area contributed by atoms with Crippen molar-refractivity contribution in [2.45, 2.75) is 57.4 Å². The zero-order chi connectivity index (χ0) is 26.0. The summed E-state index contributed by atoms with van der Waals surface area (Å²) in [5, 5.41) is 3.93. The average molecular weight is 541 g/mol. The van der Waals surface area contributed by atoms with E-state index in [0.717, 1.165) is 62.0 Å². The number of amides is 1. The van der Waals surface area contributed by atoms with Crippen LogP contribution in [-0.2, 0) is 12.0 Å². The first-order chi connectivity index (χ1) is 17.9. The summed E-state index contributed by atoms with van der Waals surface area (Å²) in [6.07, 6.45) is 7.68. The van der Waals surface area contributed by atoms with Crippen LogP contribution in [0.15, 0.2) is 48.7 Å². The van der Waals surface area contributed by atoms with Crippen molar-refractivity contribution in [3.8, 4) is 0 Å². The molecule has 2 aromatic carbocycles. The van der Waals surface area contributed by atoms with Crippen molar-refractivity contribution in [1.29, 1.82) is 0 Å². The molecule has 2 fully saturated rings. The molecule has 1 saturated carbocycles. The SMILES string of the molecule is CC1CCCN(c2ncc(C(=O)NCc3ccc(Cl)c(Cl)c3)c(C3(c4ccc(F)cc4)CCCC3)n2)C1. The van der Waals surface area contributed by atoms with Gasteiger partial charge in [0.1, 0.15) is 5.82 Å². The van der Waals surface area contributed by atoms with Crippen molar-refractivity contribution in [3.63, 3.8) is 0 Å². The first-order valence-electron chi connectivity index (χ1n) is 13.0.